The van der Waals surface area contributed by atoms with Crippen LogP contribution >= 0.6 is 0 Å². The first-order chi connectivity index (χ1) is 7.68. The van der Waals surface area contributed by atoms with E-state index < -0.39 is 0 Å². The van der Waals surface area contributed by atoms with Gasteiger partial charge < -0.3 is 10.1 Å². The lowest BCUT2D eigenvalue weighted by molar-refractivity contribution is -0.646. The number of hydrogen-bond donors (Lipinski definition) is 0. The molecule has 0 saturated carbocycles. The molecule has 0 N–H and O–H groups in total. The molecule has 0 radical (unpaired) electrons. The summed E-state index contributed by atoms with van der Waals surface area (Å²) < 4.78 is 1.77. The molecule has 0 aliphatic rings. The van der Waals surface area contributed by atoms with Crippen LogP contribution < -0.4 is 4.85 Å². The lowest BCUT2D eigenvalue weighted by Gasteiger charge is -2.06. The van der Waals surface area contributed by atoms with Crippen molar-refractivity contribution in [2.24, 2.45) is 0 Å². The molecule has 2 aromatic rings. The Morgan fingerprint density at radius 1 is 1.38 bits per heavy atom. The molecule has 2 rings (SSSR count). The van der Waals surface area contributed by atoms with Crippen molar-refractivity contribution < 1.29 is 4.85 Å². The maximum atomic E-state index is 11.5. The van der Waals surface area contributed by atoms with Gasteiger partial charge in [-0.05, 0) is 26.2 Å². The zero-order valence-corrected chi connectivity index (χ0v) is 9.63. The summed E-state index contributed by atoms with van der Waals surface area (Å²) in [6, 6.07) is 7.49. The SMILES string of the molecule is CN(C)CCCn1n[n+]([O-])c2ccccc21. The number of para-hydroxylation sites is 2. The third kappa shape index (κ3) is 2.14. The molecule has 5 heteroatoms. The van der Waals surface area contributed by atoms with E-state index in [4.69, 9.17) is 0 Å². The van der Waals surface area contributed by atoms with E-state index in [1.54, 1.807) is 10.7 Å². The van der Waals surface area contributed by atoms with E-state index in [0.717, 1.165) is 25.0 Å². The van der Waals surface area contributed by atoms with E-state index in [2.05, 4.69) is 10.1 Å². The predicted octanol–water partition coefficient (Wildman–Crippen LogP) is 0.621. The van der Waals surface area contributed by atoms with Gasteiger partial charge in [0.25, 0.3) is 0 Å². The highest BCUT2D eigenvalue weighted by atomic mass is 16.5. The molecule has 86 valence electrons. The van der Waals surface area contributed by atoms with Gasteiger partial charge in [0.05, 0.1) is 5.21 Å². The van der Waals surface area contributed by atoms with Crippen molar-refractivity contribution in [3.8, 4) is 0 Å². The van der Waals surface area contributed by atoms with E-state index in [1.807, 2.05) is 32.3 Å². The van der Waals surface area contributed by atoms with Crippen LogP contribution in [0.15, 0.2) is 24.3 Å². The smallest absolute Gasteiger partial charge is 0.202 e. The molecule has 1 aromatic carbocycles. The molecule has 0 unspecified atom stereocenters. The van der Waals surface area contributed by atoms with Crippen molar-refractivity contribution in [3.63, 3.8) is 0 Å². The Balaban J connectivity index is 2.18. The van der Waals surface area contributed by atoms with Crippen LogP contribution in [-0.2, 0) is 6.54 Å². The van der Waals surface area contributed by atoms with Gasteiger partial charge in [-0.15, -0.1) is 9.53 Å². The normalized spacial score (nSPS) is 11.4. The average molecular weight is 220 g/mol. The van der Waals surface area contributed by atoms with Crippen molar-refractivity contribution in [2.45, 2.75) is 13.0 Å². The van der Waals surface area contributed by atoms with E-state index in [0.29, 0.717) is 10.4 Å². The fourth-order valence-corrected chi connectivity index (χ4v) is 1.74. The van der Waals surface area contributed by atoms with E-state index in [-0.39, 0.29) is 0 Å². The largest absolute Gasteiger partial charge is 0.691 e. The molecule has 0 fully saturated rings. The number of aromatic nitrogens is 3. The molecular weight excluding hydrogens is 204 g/mol. The van der Waals surface area contributed by atoms with Crippen LogP contribution in [0.4, 0.5) is 0 Å². The van der Waals surface area contributed by atoms with Gasteiger partial charge in [0.2, 0.25) is 5.52 Å². The summed E-state index contributed by atoms with van der Waals surface area (Å²) in [6.07, 6.45) is 0.985. The molecule has 0 atom stereocenters. The van der Waals surface area contributed by atoms with E-state index in [1.165, 1.54) is 0 Å². The fourth-order valence-electron chi connectivity index (χ4n) is 1.74. The quantitative estimate of drug-likeness (QED) is 0.560. The summed E-state index contributed by atoms with van der Waals surface area (Å²) in [7, 11) is 4.07. The summed E-state index contributed by atoms with van der Waals surface area (Å²) in [5.74, 6) is 0. The predicted molar refractivity (Wildman–Crippen MR) is 61.9 cm³/mol. The molecule has 5 nitrogen and oxygen atoms in total. The Hall–Kier alpha value is -1.62. The highest BCUT2D eigenvalue weighted by Gasteiger charge is 2.12. The topological polar surface area (TPSA) is 48.0 Å². The van der Waals surface area contributed by atoms with E-state index >= 15 is 0 Å². The van der Waals surface area contributed by atoms with Gasteiger partial charge in [0.1, 0.15) is 6.54 Å². The van der Waals surface area contributed by atoms with Crippen LogP contribution in [0.2, 0.25) is 0 Å². The standard InChI is InChI=1S/C11H16N4O/c1-13(2)8-5-9-14-10-6-3-4-7-11(10)15(16)12-14/h3-4,6-7H,5,8-9H2,1-2H3. The van der Waals surface area contributed by atoms with Crippen molar-refractivity contribution >= 4 is 11.0 Å². The molecule has 0 spiro atoms. The van der Waals surface area contributed by atoms with Crippen LogP contribution in [-0.4, -0.2) is 35.4 Å². The van der Waals surface area contributed by atoms with Gasteiger partial charge in [-0.3, -0.25) is 0 Å². The van der Waals surface area contributed by atoms with Crippen LogP contribution in [0, 0.1) is 5.21 Å². The second-order valence-corrected chi connectivity index (χ2v) is 4.13. The number of fused-ring (bicyclic) bond motifs is 1. The minimum Gasteiger partial charge on any atom is -0.691 e. The number of nitrogens with zero attached hydrogens (tertiary/aromatic N) is 4. The second kappa shape index (κ2) is 4.49. The Morgan fingerprint density at radius 3 is 2.88 bits per heavy atom. The van der Waals surface area contributed by atoms with Crippen molar-refractivity contribution in [1.29, 1.82) is 0 Å². The number of aryl methyl sites for hydroxylation is 1. The monoisotopic (exact) mass is 220 g/mol. The van der Waals surface area contributed by atoms with Crippen molar-refractivity contribution in [3.05, 3.63) is 29.5 Å². The van der Waals surface area contributed by atoms with Crippen LogP contribution in [0.3, 0.4) is 0 Å². The Bertz CT molecular complexity index is 478. The molecule has 0 aliphatic heterocycles. The zero-order valence-electron chi connectivity index (χ0n) is 9.63. The van der Waals surface area contributed by atoms with Gasteiger partial charge in [0.15, 0.2) is 5.52 Å². The molecule has 1 heterocycles. The maximum Gasteiger partial charge on any atom is 0.202 e. The lowest BCUT2D eigenvalue weighted by Crippen LogP contribution is -2.29. The third-order valence-corrected chi connectivity index (χ3v) is 2.53. The minimum absolute atomic E-state index is 0.632. The van der Waals surface area contributed by atoms with Gasteiger partial charge in [-0.1, -0.05) is 12.1 Å². The van der Waals surface area contributed by atoms with E-state index in [9.17, 15) is 5.21 Å². The molecule has 0 aliphatic carbocycles. The van der Waals surface area contributed by atoms with Crippen molar-refractivity contribution in [2.75, 3.05) is 20.6 Å². The first kappa shape index (κ1) is 10.9. The number of rotatable bonds is 4. The van der Waals surface area contributed by atoms with Crippen LogP contribution in [0.5, 0.6) is 0 Å². The van der Waals surface area contributed by atoms with Crippen molar-refractivity contribution in [1.82, 2.24) is 14.8 Å². The minimum atomic E-state index is 0.632. The third-order valence-electron chi connectivity index (χ3n) is 2.53. The molecule has 1 aromatic heterocycles. The molecular formula is C11H16N4O. The summed E-state index contributed by atoms with van der Waals surface area (Å²) in [4.78, 5) is 2.81. The molecule has 0 bridgehead atoms. The summed E-state index contributed by atoms with van der Waals surface area (Å²) in [5.41, 5.74) is 1.53. The highest BCUT2D eigenvalue weighted by molar-refractivity contribution is 5.70. The number of benzene rings is 1. The summed E-state index contributed by atoms with van der Waals surface area (Å²) in [6.45, 7) is 1.76. The summed E-state index contributed by atoms with van der Waals surface area (Å²) in [5, 5.41) is 15.4. The average Bonchev–Trinajstić information content (AvgIpc) is 2.57. The Kier molecular flexibility index (Phi) is 3.05. The van der Waals surface area contributed by atoms with Crippen LogP contribution in [0.25, 0.3) is 11.0 Å². The Morgan fingerprint density at radius 2 is 2.12 bits per heavy atom. The van der Waals surface area contributed by atoms with Gasteiger partial charge >= 0.3 is 0 Å². The first-order valence-electron chi connectivity index (χ1n) is 5.38. The number of hydrogen-bond acceptors (Lipinski definition) is 3. The molecule has 16 heavy (non-hydrogen) atoms. The van der Waals surface area contributed by atoms with Gasteiger partial charge in [-0.2, -0.15) is 0 Å². The molecule has 0 amide bonds. The maximum absolute atomic E-state index is 11.5. The lowest BCUT2D eigenvalue weighted by atomic mass is 10.3. The second-order valence-electron chi connectivity index (χ2n) is 4.13. The molecule has 0 saturated heterocycles. The van der Waals surface area contributed by atoms with Gasteiger partial charge in [0, 0.05) is 13.0 Å². The Labute approximate surface area is 94.5 Å². The highest BCUT2D eigenvalue weighted by Crippen LogP contribution is 2.08. The first-order valence-corrected chi connectivity index (χ1v) is 5.38. The van der Waals surface area contributed by atoms with Gasteiger partial charge in [-0.25, -0.2) is 0 Å². The van der Waals surface area contributed by atoms with Crippen LogP contribution in [0.1, 0.15) is 6.42 Å². The zero-order chi connectivity index (χ0) is 11.5. The fraction of sp³-hybridized carbons (Fsp3) is 0.455. The summed E-state index contributed by atoms with van der Waals surface area (Å²) >= 11 is 0.